The van der Waals surface area contributed by atoms with Gasteiger partial charge in [0.25, 0.3) is 0 Å². The molecule has 1 aromatic rings. The number of carbonyl (C=O) groups is 1. The Kier molecular flexibility index (Phi) is 5.83. The predicted octanol–water partition coefficient (Wildman–Crippen LogP) is 2.59. The molecule has 2 amide bonds. The Morgan fingerprint density at radius 2 is 2.10 bits per heavy atom. The Morgan fingerprint density at radius 1 is 1.45 bits per heavy atom. The van der Waals surface area contributed by atoms with Crippen molar-refractivity contribution in [3.05, 3.63) is 28.2 Å². The molecule has 0 saturated carbocycles. The maximum absolute atomic E-state index is 11.9. The Labute approximate surface area is 127 Å². The molecular formula is C14H21BrN2O3. The number of amides is 2. The highest BCUT2D eigenvalue weighted by atomic mass is 79.9. The fraction of sp³-hybridized carbons (Fsp3) is 0.500. The average molecular weight is 345 g/mol. The first-order chi connectivity index (χ1) is 9.26. The second-order valence-electron chi connectivity index (χ2n) is 5.47. The van der Waals surface area contributed by atoms with Gasteiger partial charge in [0.05, 0.1) is 19.8 Å². The summed E-state index contributed by atoms with van der Waals surface area (Å²) in [4.78, 5) is 11.9. The zero-order valence-electron chi connectivity index (χ0n) is 12.2. The number of carbonyl (C=O) groups excluding carboxylic acids is 1. The third-order valence-electron chi connectivity index (χ3n) is 2.54. The molecule has 0 fully saturated rings. The molecule has 112 valence electrons. The molecule has 1 rings (SSSR count). The summed E-state index contributed by atoms with van der Waals surface area (Å²) in [6, 6.07) is 4.57. The summed E-state index contributed by atoms with van der Waals surface area (Å²) in [5, 5.41) is 15.1. The van der Waals surface area contributed by atoms with Gasteiger partial charge < -0.3 is 20.5 Å². The van der Waals surface area contributed by atoms with Gasteiger partial charge in [0.15, 0.2) is 0 Å². The van der Waals surface area contributed by atoms with Gasteiger partial charge in [-0.3, -0.25) is 0 Å². The lowest BCUT2D eigenvalue weighted by Gasteiger charge is -2.24. The topological polar surface area (TPSA) is 70.6 Å². The second kappa shape index (κ2) is 6.95. The van der Waals surface area contributed by atoms with Crippen LogP contribution in [0.4, 0.5) is 4.79 Å². The van der Waals surface area contributed by atoms with Gasteiger partial charge in [-0.15, -0.1) is 0 Å². The van der Waals surface area contributed by atoms with Gasteiger partial charge in [0, 0.05) is 15.6 Å². The van der Waals surface area contributed by atoms with E-state index in [0.29, 0.717) is 11.3 Å². The minimum absolute atomic E-state index is 0.218. The highest BCUT2D eigenvalue weighted by Gasteiger charge is 2.20. The van der Waals surface area contributed by atoms with Crippen molar-refractivity contribution in [1.82, 2.24) is 10.6 Å². The van der Waals surface area contributed by atoms with Crippen LogP contribution in [0.25, 0.3) is 0 Å². The number of benzene rings is 1. The average Bonchev–Trinajstić information content (AvgIpc) is 2.33. The number of hydrogen-bond acceptors (Lipinski definition) is 3. The Hall–Kier alpha value is -1.27. The van der Waals surface area contributed by atoms with E-state index in [9.17, 15) is 9.90 Å². The quantitative estimate of drug-likeness (QED) is 0.786. The molecule has 1 atom stereocenters. The first kappa shape index (κ1) is 16.8. The maximum Gasteiger partial charge on any atom is 0.315 e. The molecule has 0 radical (unpaired) electrons. The summed E-state index contributed by atoms with van der Waals surface area (Å²) in [5.74, 6) is 0.614. The van der Waals surface area contributed by atoms with Crippen LogP contribution < -0.4 is 15.4 Å². The van der Waals surface area contributed by atoms with E-state index in [2.05, 4.69) is 26.6 Å². The maximum atomic E-state index is 11.9. The van der Waals surface area contributed by atoms with Crippen molar-refractivity contribution in [2.24, 2.45) is 0 Å². The lowest BCUT2D eigenvalue weighted by molar-refractivity contribution is 0.209. The van der Waals surface area contributed by atoms with Crippen LogP contribution in [-0.2, 0) is 0 Å². The van der Waals surface area contributed by atoms with E-state index in [-0.39, 0.29) is 18.2 Å². The molecule has 0 aromatic heterocycles. The molecule has 0 aliphatic heterocycles. The van der Waals surface area contributed by atoms with Crippen molar-refractivity contribution in [1.29, 1.82) is 0 Å². The van der Waals surface area contributed by atoms with Crippen LogP contribution in [0.2, 0.25) is 0 Å². The van der Waals surface area contributed by atoms with Crippen LogP contribution in [0, 0.1) is 0 Å². The summed E-state index contributed by atoms with van der Waals surface area (Å²) in [6.45, 7) is 5.45. The number of hydrogen-bond donors (Lipinski definition) is 3. The van der Waals surface area contributed by atoms with Crippen molar-refractivity contribution >= 4 is 22.0 Å². The van der Waals surface area contributed by atoms with Gasteiger partial charge in [-0.2, -0.15) is 0 Å². The molecule has 5 nitrogen and oxygen atoms in total. The van der Waals surface area contributed by atoms with Gasteiger partial charge in [-0.1, -0.05) is 15.9 Å². The SMILES string of the molecule is COc1ccc(Br)cc1[C@@H](CO)NC(=O)NC(C)(C)C. The number of methoxy groups -OCH3 is 1. The van der Waals surface area contributed by atoms with Crippen molar-refractivity contribution in [2.45, 2.75) is 32.4 Å². The number of ether oxygens (including phenoxy) is 1. The lowest BCUT2D eigenvalue weighted by Crippen LogP contribution is -2.48. The Bertz CT molecular complexity index is 472. The van der Waals surface area contributed by atoms with Crippen LogP contribution in [0.1, 0.15) is 32.4 Å². The van der Waals surface area contributed by atoms with Crippen LogP contribution >= 0.6 is 15.9 Å². The van der Waals surface area contributed by atoms with E-state index in [1.807, 2.05) is 32.9 Å². The van der Waals surface area contributed by atoms with Gasteiger partial charge in [0.1, 0.15) is 5.75 Å². The van der Waals surface area contributed by atoms with Crippen LogP contribution in [0.3, 0.4) is 0 Å². The molecule has 0 heterocycles. The third kappa shape index (κ3) is 5.02. The monoisotopic (exact) mass is 344 g/mol. The summed E-state index contributed by atoms with van der Waals surface area (Å²) < 4.78 is 6.11. The molecule has 0 unspecified atom stereocenters. The number of urea groups is 1. The molecule has 3 N–H and O–H groups in total. The smallest absolute Gasteiger partial charge is 0.315 e. The number of aliphatic hydroxyl groups is 1. The van der Waals surface area contributed by atoms with Gasteiger partial charge in [0.2, 0.25) is 0 Å². The number of halogens is 1. The Morgan fingerprint density at radius 3 is 2.60 bits per heavy atom. The van der Waals surface area contributed by atoms with Gasteiger partial charge in [-0.25, -0.2) is 4.79 Å². The number of rotatable bonds is 4. The largest absolute Gasteiger partial charge is 0.496 e. The zero-order valence-corrected chi connectivity index (χ0v) is 13.7. The lowest BCUT2D eigenvalue weighted by atomic mass is 10.1. The third-order valence-corrected chi connectivity index (χ3v) is 3.04. The molecule has 0 spiro atoms. The molecule has 0 bridgehead atoms. The van der Waals surface area contributed by atoms with Crippen molar-refractivity contribution in [2.75, 3.05) is 13.7 Å². The summed E-state index contributed by atoms with van der Waals surface area (Å²) in [5.41, 5.74) is 0.374. The van der Waals surface area contributed by atoms with Crippen molar-refractivity contribution < 1.29 is 14.6 Å². The van der Waals surface area contributed by atoms with Crippen molar-refractivity contribution in [3.8, 4) is 5.75 Å². The number of aliphatic hydroxyl groups excluding tert-OH is 1. The highest BCUT2D eigenvalue weighted by molar-refractivity contribution is 9.10. The first-order valence-corrected chi connectivity index (χ1v) is 7.09. The van der Waals surface area contributed by atoms with Gasteiger partial charge >= 0.3 is 6.03 Å². The van der Waals surface area contributed by atoms with Crippen molar-refractivity contribution in [3.63, 3.8) is 0 Å². The van der Waals surface area contributed by atoms with E-state index >= 15 is 0 Å². The van der Waals surface area contributed by atoms with E-state index < -0.39 is 6.04 Å². The highest BCUT2D eigenvalue weighted by Crippen LogP contribution is 2.28. The normalized spacial score (nSPS) is 12.7. The molecule has 6 heteroatoms. The molecule has 20 heavy (non-hydrogen) atoms. The second-order valence-corrected chi connectivity index (χ2v) is 6.39. The fourth-order valence-corrected chi connectivity index (χ4v) is 2.11. The van der Waals surface area contributed by atoms with Gasteiger partial charge in [-0.05, 0) is 39.0 Å². The molecule has 1 aromatic carbocycles. The van der Waals surface area contributed by atoms with E-state index in [1.54, 1.807) is 13.2 Å². The molecular weight excluding hydrogens is 324 g/mol. The minimum Gasteiger partial charge on any atom is -0.496 e. The van der Waals surface area contributed by atoms with E-state index in [4.69, 9.17) is 4.74 Å². The molecule has 0 aliphatic rings. The summed E-state index contributed by atoms with van der Waals surface area (Å²) in [7, 11) is 1.55. The Balaban J connectivity index is 2.91. The minimum atomic E-state index is -0.537. The summed E-state index contributed by atoms with van der Waals surface area (Å²) in [6.07, 6.45) is 0. The zero-order chi connectivity index (χ0) is 15.3. The van der Waals surface area contributed by atoms with E-state index in [1.165, 1.54) is 0 Å². The predicted molar refractivity (Wildman–Crippen MR) is 81.9 cm³/mol. The first-order valence-electron chi connectivity index (χ1n) is 6.30. The van der Waals surface area contributed by atoms with Crippen LogP contribution in [0.5, 0.6) is 5.75 Å². The fourth-order valence-electron chi connectivity index (χ4n) is 1.73. The summed E-state index contributed by atoms with van der Waals surface area (Å²) >= 11 is 3.37. The molecule has 0 saturated heterocycles. The van der Waals surface area contributed by atoms with E-state index in [0.717, 1.165) is 4.47 Å². The molecule has 0 aliphatic carbocycles. The number of nitrogens with one attached hydrogen (secondary N) is 2. The van der Waals surface area contributed by atoms with Crippen LogP contribution in [0.15, 0.2) is 22.7 Å². The van der Waals surface area contributed by atoms with Crippen LogP contribution in [-0.4, -0.2) is 30.4 Å². The standard InChI is InChI=1S/C14H21BrN2O3/c1-14(2,3)17-13(19)16-11(8-18)10-7-9(15)5-6-12(10)20-4/h5-7,11,18H,8H2,1-4H3,(H2,16,17,19)/t11-/m1/s1.